The van der Waals surface area contributed by atoms with Gasteiger partial charge in [-0.25, -0.2) is 9.78 Å². The lowest BCUT2D eigenvalue weighted by Crippen LogP contribution is -2.58. The van der Waals surface area contributed by atoms with E-state index in [1.807, 2.05) is 6.92 Å². The Labute approximate surface area is 188 Å². The Kier molecular flexibility index (Phi) is 6.50. The largest absolute Gasteiger partial charge is 0.487 e. The standard InChI is InChI=1S/C20H21Cl2N3O4S/c1-10-4-13(21)18(14(22)5-10)28-2-3-29-20-24-9-16(30-20)12-6-11-7-23-8-15(25-11)17(12)19(26)27/h4-5,9,11,15,23,25H,2-3,6-8H2,1H3,(H,26,27). The predicted molar refractivity (Wildman–Crippen MR) is 117 cm³/mol. The van der Waals surface area contributed by atoms with Crippen molar-refractivity contribution < 1.29 is 19.4 Å². The van der Waals surface area contributed by atoms with Crippen LogP contribution in [0.1, 0.15) is 16.9 Å². The maximum absolute atomic E-state index is 11.9. The van der Waals surface area contributed by atoms with Crippen molar-refractivity contribution in [1.82, 2.24) is 15.6 Å². The van der Waals surface area contributed by atoms with E-state index in [0.717, 1.165) is 22.6 Å². The van der Waals surface area contributed by atoms with Gasteiger partial charge in [0.15, 0.2) is 5.75 Å². The highest BCUT2D eigenvalue weighted by atomic mass is 35.5. The van der Waals surface area contributed by atoms with Crippen molar-refractivity contribution in [1.29, 1.82) is 0 Å². The topological polar surface area (TPSA) is 92.7 Å². The Morgan fingerprint density at radius 1 is 1.27 bits per heavy atom. The second-order valence-electron chi connectivity index (χ2n) is 7.22. The smallest absolute Gasteiger partial charge is 0.333 e. The summed E-state index contributed by atoms with van der Waals surface area (Å²) in [4.78, 5) is 17.0. The number of carbonyl (C=O) groups is 1. The molecule has 0 saturated carbocycles. The van der Waals surface area contributed by atoms with E-state index in [0.29, 0.717) is 39.5 Å². The summed E-state index contributed by atoms with van der Waals surface area (Å²) in [6, 6.07) is 3.59. The molecule has 4 rings (SSSR count). The monoisotopic (exact) mass is 469 g/mol. The van der Waals surface area contributed by atoms with Crippen molar-refractivity contribution in [2.75, 3.05) is 26.3 Å². The van der Waals surface area contributed by atoms with E-state index in [-0.39, 0.29) is 25.3 Å². The highest BCUT2D eigenvalue weighted by molar-refractivity contribution is 7.14. The van der Waals surface area contributed by atoms with Gasteiger partial charge in [0, 0.05) is 25.3 Å². The van der Waals surface area contributed by atoms with Crippen molar-refractivity contribution in [2.45, 2.75) is 25.4 Å². The first kappa shape index (κ1) is 21.4. The van der Waals surface area contributed by atoms with Crippen LogP contribution in [0.25, 0.3) is 5.57 Å². The average Bonchev–Trinajstić information content (AvgIpc) is 3.15. The van der Waals surface area contributed by atoms with Gasteiger partial charge in [-0.15, -0.1) is 0 Å². The van der Waals surface area contributed by atoms with Crippen molar-refractivity contribution in [3.63, 3.8) is 0 Å². The number of ether oxygens (including phenoxy) is 2. The molecule has 1 aromatic carbocycles. The number of thiazole rings is 1. The maximum Gasteiger partial charge on any atom is 0.333 e. The fourth-order valence-corrected chi connectivity index (χ4v) is 5.32. The number of fused-ring (bicyclic) bond motifs is 2. The Bertz CT molecular complexity index is 971. The number of rotatable bonds is 7. The third kappa shape index (κ3) is 4.58. The minimum absolute atomic E-state index is 0.200. The second kappa shape index (κ2) is 9.11. The molecule has 3 N–H and O–H groups in total. The molecule has 2 unspecified atom stereocenters. The fraction of sp³-hybridized carbons (Fsp3) is 0.400. The van der Waals surface area contributed by atoms with Gasteiger partial charge in [-0.3, -0.25) is 0 Å². The SMILES string of the molecule is Cc1cc(Cl)c(OCCOc2ncc(C3=C(C(=O)O)C4CNCC(C3)N4)s2)c(Cl)c1. The van der Waals surface area contributed by atoms with E-state index >= 15 is 0 Å². The molecule has 2 aromatic rings. The number of nitrogens with one attached hydrogen (secondary N) is 2. The first-order valence-electron chi connectivity index (χ1n) is 9.53. The lowest BCUT2D eigenvalue weighted by molar-refractivity contribution is -0.133. The summed E-state index contributed by atoms with van der Waals surface area (Å²) >= 11 is 13.7. The van der Waals surface area contributed by atoms with E-state index in [2.05, 4.69) is 15.6 Å². The highest BCUT2D eigenvalue weighted by Gasteiger charge is 2.36. The molecular formula is C20H21Cl2N3O4S. The molecule has 0 radical (unpaired) electrons. The number of piperazine rings is 1. The van der Waals surface area contributed by atoms with Gasteiger partial charge in [0.2, 0.25) is 0 Å². The molecule has 160 valence electrons. The Morgan fingerprint density at radius 2 is 2.00 bits per heavy atom. The number of hydrogen-bond acceptors (Lipinski definition) is 7. The normalized spacial score (nSPS) is 20.9. The number of aryl methyl sites for hydroxylation is 1. The van der Waals surface area contributed by atoms with Crippen LogP contribution in [-0.4, -0.2) is 54.4 Å². The molecule has 0 spiro atoms. The van der Waals surface area contributed by atoms with E-state index in [1.165, 1.54) is 11.3 Å². The summed E-state index contributed by atoms with van der Waals surface area (Å²) in [5.74, 6) is -0.473. The Balaban J connectivity index is 1.40. The number of carboxylic acids is 1. The van der Waals surface area contributed by atoms with Crippen LogP contribution in [0.2, 0.25) is 10.0 Å². The summed E-state index contributed by atoms with van der Waals surface area (Å²) in [6.45, 7) is 3.83. The maximum atomic E-state index is 11.9. The van der Waals surface area contributed by atoms with Gasteiger partial charge in [0.25, 0.3) is 5.19 Å². The Morgan fingerprint density at radius 3 is 2.73 bits per heavy atom. The van der Waals surface area contributed by atoms with E-state index in [9.17, 15) is 9.90 Å². The summed E-state index contributed by atoms with van der Waals surface area (Å²) in [5, 5.41) is 17.7. The molecule has 30 heavy (non-hydrogen) atoms. The molecule has 1 fully saturated rings. The molecule has 1 aromatic heterocycles. The molecule has 7 nitrogen and oxygen atoms in total. The summed E-state index contributed by atoms with van der Waals surface area (Å²) in [7, 11) is 0. The zero-order chi connectivity index (χ0) is 21.3. The van der Waals surface area contributed by atoms with E-state index < -0.39 is 5.97 Å². The number of aromatic nitrogens is 1. The van der Waals surface area contributed by atoms with E-state index in [4.69, 9.17) is 32.7 Å². The third-order valence-electron chi connectivity index (χ3n) is 5.01. The van der Waals surface area contributed by atoms with Crippen LogP contribution in [-0.2, 0) is 4.79 Å². The van der Waals surface area contributed by atoms with Crippen LogP contribution >= 0.6 is 34.5 Å². The third-order valence-corrected chi connectivity index (χ3v) is 6.54. The predicted octanol–water partition coefficient (Wildman–Crippen LogP) is 3.39. The quantitative estimate of drug-likeness (QED) is 0.535. The summed E-state index contributed by atoms with van der Waals surface area (Å²) < 4.78 is 11.3. The number of nitrogens with zero attached hydrogens (tertiary/aromatic N) is 1. The molecule has 1 saturated heterocycles. The van der Waals surface area contributed by atoms with Crippen LogP contribution in [0.3, 0.4) is 0 Å². The Hall–Kier alpha value is -1.84. The van der Waals surface area contributed by atoms with Crippen molar-refractivity contribution in [3.05, 3.63) is 44.4 Å². The van der Waals surface area contributed by atoms with Crippen molar-refractivity contribution in [3.8, 4) is 10.9 Å². The van der Waals surface area contributed by atoms with Crippen molar-refractivity contribution >= 4 is 46.1 Å². The molecule has 2 aliphatic heterocycles. The van der Waals surface area contributed by atoms with Gasteiger partial charge in [0.05, 0.1) is 26.5 Å². The first-order valence-corrected chi connectivity index (χ1v) is 11.1. The van der Waals surface area contributed by atoms with Gasteiger partial charge < -0.3 is 25.2 Å². The summed E-state index contributed by atoms with van der Waals surface area (Å²) in [5.41, 5.74) is 2.19. The lowest BCUT2D eigenvalue weighted by atomic mass is 9.87. The number of hydrogen-bond donors (Lipinski definition) is 3. The highest BCUT2D eigenvalue weighted by Crippen LogP contribution is 2.37. The van der Waals surface area contributed by atoms with Gasteiger partial charge in [0.1, 0.15) is 13.2 Å². The van der Waals surface area contributed by atoms with E-state index in [1.54, 1.807) is 18.3 Å². The summed E-state index contributed by atoms with van der Waals surface area (Å²) in [6.07, 6.45) is 2.32. The van der Waals surface area contributed by atoms with Crippen LogP contribution in [0, 0.1) is 6.92 Å². The molecule has 0 amide bonds. The molecule has 3 heterocycles. The van der Waals surface area contributed by atoms with Crippen LogP contribution < -0.4 is 20.1 Å². The van der Waals surface area contributed by atoms with Gasteiger partial charge in [-0.05, 0) is 36.6 Å². The minimum atomic E-state index is -0.902. The first-order chi connectivity index (χ1) is 14.4. The van der Waals surface area contributed by atoms with Crippen LogP contribution in [0.15, 0.2) is 23.9 Å². The van der Waals surface area contributed by atoms with Gasteiger partial charge in [-0.1, -0.05) is 34.5 Å². The number of aliphatic carboxylic acids is 1. The molecule has 2 atom stereocenters. The molecule has 0 aliphatic carbocycles. The number of benzene rings is 1. The molecule has 10 heteroatoms. The molecular weight excluding hydrogens is 449 g/mol. The van der Waals surface area contributed by atoms with Gasteiger partial charge in [-0.2, -0.15) is 0 Å². The molecule has 2 aliphatic rings. The van der Waals surface area contributed by atoms with Crippen LogP contribution in [0.4, 0.5) is 0 Å². The fourth-order valence-electron chi connectivity index (χ4n) is 3.76. The average molecular weight is 470 g/mol. The second-order valence-corrected chi connectivity index (χ2v) is 9.03. The number of halogens is 2. The molecule has 2 bridgehead atoms. The zero-order valence-corrected chi connectivity index (χ0v) is 18.5. The lowest BCUT2D eigenvalue weighted by Gasteiger charge is -2.38. The van der Waals surface area contributed by atoms with Gasteiger partial charge >= 0.3 is 5.97 Å². The van der Waals surface area contributed by atoms with Crippen molar-refractivity contribution in [2.24, 2.45) is 0 Å². The number of carboxylic acid groups (broad SMARTS) is 1. The minimum Gasteiger partial charge on any atom is -0.487 e. The zero-order valence-electron chi connectivity index (χ0n) is 16.2. The van der Waals surface area contributed by atoms with Crippen LogP contribution in [0.5, 0.6) is 10.9 Å².